The molecule has 2 aromatic rings. The summed E-state index contributed by atoms with van der Waals surface area (Å²) in [6.45, 7) is 1.45. The maximum Gasteiger partial charge on any atom is 0.342 e. The summed E-state index contributed by atoms with van der Waals surface area (Å²) in [6, 6.07) is 13.1. The summed E-state index contributed by atoms with van der Waals surface area (Å²) in [5, 5.41) is 12.1. The molecule has 0 unspecified atom stereocenters. The smallest absolute Gasteiger partial charge is 0.342 e. The van der Waals surface area contributed by atoms with Crippen LogP contribution in [0.5, 0.6) is 0 Å². The van der Waals surface area contributed by atoms with Crippen LogP contribution in [0.25, 0.3) is 10.8 Å². The average Bonchev–Trinajstić information content (AvgIpc) is 2.37. The van der Waals surface area contributed by atoms with Gasteiger partial charge in [0.15, 0.2) is 5.60 Å². The third-order valence-corrected chi connectivity index (χ3v) is 2.90. The molecule has 0 heterocycles. The fourth-order valence-corrected chi connectivity index (χ4v) is 1.96. The molecule has 0 aromatic heterocycles. The van der Waals surface area contributed by atoms with E-state index in [0.29, 0.717) is 5.56 Å². The minimum Gasteiger partial charge on any atom is -0.467 e. The Morgan fingerprint density at radius 3 is 2.53 bits per heavy atom. The first kappa shape index (κ1) is 11.6. The van der Waals surface area contributed by atoms with Gasteiger partial charge in [0, 0.05) is 5.56 Å². The molecule has 88 valence electrons. The number of hydrogen-bond acceptors (Lipinski definition) is 3. The summed E-state index contributed by atoms with van der Waals surface area (Å²) in [5.74, 6) is -0.658. The van der Waals surface area contributed by atoms with Crippen LogP contribution in [0, 0.1) is 0 Å². The lowest BCUT2D eigenvalue weighted by Crippen LogP contribution is -2.33. The van der Waals surface area contributed by atoms with Gasteiger partial charge in [0.25, 0.3) is 0 Å². The highest BCUT2D eigenvalue weighted by molar-refractivity contribution is 5.92. The van der Waals surface area contributed by atoms with Gasteiger partial charge in [0.1, 0.15) is 0 Å². The second kappa shape index (κ2) is 4.18. The van der Waals surface area contributed by atoms with Crippen LogP contribution < -0.4 is 0 Å². The Balaban J connectivity index is 2.67. The Morgan fingerprint density at radius 2 is 1.82 bits per heavy atom. The molecule has 3 nitrogen and oxygen atoms in total. The number of fused-ring (bicyclic) bond motifs is 1. The number of benzene rings is 2. The van der Waals surface area contributed by atoms with E-state index in [-0.39, 0.29) is 0 Å². The Hall–Kier alpha value is -1.87. The zero-order valence-corrected chi connectivity index (χ0v) is 9.81. The number of ether oxygens (including phenoxy) is 1. The van der Waals surface area contributed by atoms with Crippen molar-refractivity contribution >= 4 is 16.7 Å². The first-order valence-electron chi connectivity index (χ1n) is 5.36. The van der Waals surface area contributed by atoms with Gasteiger partial charge in [0.2, 0.25) is 0 Å². The monoisotopic (exact) mass is 230 g/mol. The maximum absolute atomic E-state index is 11.6. The van der Waals surface area contributed by atoms with Crippen molar-refractivity contribution in [1.82, 2.24) is 0 Å². The van der Waals surface area contributed by atoms with Crippen molar-refractivity contribution in [1.29, 1.82) is 0 Å². The van der Waals surface area contributed by atoms with Crippen LogP contribution >= 0.6 is 0 Å². The summed E-state index contributed by atoms with van der Waals surface area (Å²) >= 11 is 0. The van der Waals surface area contributed by atoms with Gasteiger partial charge in [0.05, 0.1) is 7.11 Å². The van der Waals surface area contributed by atoms with Crippen LogP contribution in [0.2, 0.25) is 0 Å². The van der Waals surface area contributed by atoms with E-state index >= 15 is 0 Å². The number of esters is 1. The first-order chi connectivity index (χ1) is 8.07. The topological polar surface area (TPSA) is 46.5 Å². The molecule has 0 bridgehead atoms. The van der Waals surface area contributed by atoms with E-state index < -0.39 is 11.6 Å². The third kappa shape index (κ3) is 1.89. The number of carbonyl (C=O) groups excluding carboxylic acids is 1. The number of hydrogen-bond donors (Lipinski definition) is 1. The minimum atomic E-state index is -1.63. The summed E-state index contributed by atoms with van der Waals surface area (Å²) in [7, 11) is 1.27. The molecular weight excluding hydrogens is 216 g/mol. The molecule has 0 fully saturated rings. The summed E-state index contributed by atoms with van der Waals surface area (Å²) in [5.41, 5.74) is -1.07. The molecule has 0 aliphatic rings. The highest BCUT2D eigenvalue weighted by Gasteiger charge is 2.34. The van der Waals surface area contributed by atoms with E-state index in [2.05, 4.69) is 4.74 Å². The lowest BCUT2D eigenvalue weighted by molar-refractivity contribution is -0.161. The van der Waals surface area contributed by atoms with Gasteiger partial charge in [-0.3, -0.25) is 0 Å². The quantitative estimate of drug-likeness (QED) is 0.805. The van der Waals surface area contributed by atoms with Gasteiger partial charge < -0.3 is 9.84 Å². The predicted molar refractivity (Wildman–Crippen MR) is 65.5 cm³/mol. The van der Waals surface area contributed by atoms with E-state index in [1.54, 1.807) is 6.07 Å². The fourth-order valence-electron chi connectivity index (χ4n) is 1.96. The van der Waals surface area contributed by atoms with Gasteiger partial charge in [-0.25, -0.2) is 4.79 Å². The van der Waals surface area contributed by atoms with Crippen molar-refractivity contribution in [2.45, 2.75) is 12.5 Å². The van der Waals surface area contributed by atoms with Crippen LogP contribution in [0.3, 0.4) is 0 Å². The molecule has 17 heavy (non-hydrogen) atoms. The predicted octanol–water partition coefficient (Wildman–Crippen LogP) is 2.22. The largest absolute Gasteiger partial charge is 0.467 e. The molecule has 0 aliphatic heterocycles. The standard InChI is InChI=1S/C14H14O3/c1-14(16,13(15)17-2)12-9-5-7-10-6-3-4-8-11(10)12/h3-9,16H,1-2H3/t14-/m0/s1. The third-order valence-electron chi connectivity index (χ3n) is 2.90. The lowest BCUT2D eigenvalue weighted by atomic mass is 9.91. The van der Waals surface area contributed by atoms with Gasteiger partial charge >= 0.3 is 5.97 Å². The second-order valence-electron chi connectivity index (χ2n) is 4.09. The molecule has 2 aromatic carbocycles. The molecule has 0 saturated heterocycles. The fraction of sp³-hybridized carbons (Fsp3) is 0.214. The van der Waals surface area contributed by atoms with Crippen molar-refractivity contribution in [2.24, 2.45) is 0 Å². The van der Waals surface area contributed by atoms with E-state index in [1.807, 2.05) is 36.4 Å². The molecular formula is C14H14O3. The first-order valence-corrected chi connectivity index (χ1v) is 5.36. The molecule has 0 spiro atoms. The molecule has 0 saturated carbocycles. The van der Waals surface area contributed by atoms with Crippen LogP contribution in [-0.2, 0) is 15.1 Å². The molecule has 1 atom stereocenters. The van der Waals surface area contributed by atoms with Crippen molar-refractivity contribution in [2.75, 3.05) is 7.11 Å². The SMILES string of the molecule is COC(=O)[C@@](C)(O)c1cccc2ccccc12. The summed E-state index contributed by atoms with van der Waals surface area (Å²) in [4.78, 5) is 11.6. The zero-order chi connectivity index (χ0) is 12.5. The minimum absolute atomic E-state index is 0.558. The average molecular weight is 230 g/mol. The highest BCUT2D eigenvalue weighted by Crippen LogP contribution is 2.29. The van der Waals surface area contributed by atoms with E-state index in [0.717, 1.165) is 10.8 Å². The highest BCUT2D eigenvalue weighted by atomic mass is 16.5. The second-order valence-corrected chi connectivity index (χ2v) is 4.09. The molecule has 0 aliphatic carbocycles. The summed E-state index contributed by atoms with van der Waals surface area (Å²) in [6.07, 6.45) is 0. The van der Waals surface area contributed by atoms with Crippen molar-refractivity contribution in [3.05, 3.63) is 48.0 Å². The van der Waals surface area contributed by atoms with Crippen LogP contribution in [0.1, 0.15) is 12.5 Å². The van der Waals surface area contributed by atoms with Crippen LogP contribution in [-0.4, -0.2) is 18.2 Å². The van der Waals surface area contributed by atoms with Gasteiger partial charge in [-0.1, -0.05) is 42.5 Å². The van der Waals surface area contributed by atoms with Crippen LogP contribution in [0.4, 0.5) is 0 Å². The van der Waals surface area contributed by atoms with Crippen molar-refractivity contribution in [3.8, 4) is 0 Å². The Labute approximate surface area is 99.6 Å². The van der Waals surface area contributed by atoms with Gasteiger partial charge in [-0.2, -0.15) is 0 Å². The van der Waals surface area contributed by atoms with E-state index in [1.165, 1.54) is 14.0 Å². The number of rotatable bonds is 2. The van der Waals surface area contributed by atoms with Crippen molar-refractivity contribution < 1.29 is 14.6 Å². The normalized spacial score (nSPS) is 14.3. The number of aliphatic hydroxyl groups is 1. The maximum atomic E-state index is 11.6. The summed E-state index contributed by atoms with van der Waals surface area (Å²) < 4.78 is 4.63. The molecule has 2 rings (SSSR count). The van der Waals surface area contributed by atoms with E-state index in [9.17, 15) is 9.90 Å². The van der Waals surface area contributed by atoms with Gasteiger partial charge in [-0.15, -0.1) is 0 Å². The van der Waals surface area contributed by atoms with Crippen LogP contribution in [0.15, 0.2) is 42.5 Å². The molecule has 3 heteroatoms. The molecule has 0 radical (unpaired) electrons. The lowest BCUT2D eigenvalue weighted by Gasteiger charge is -2.22. The van der Waals surface area contributed by atoms with Gasteiger partial charge in [-0.05, 0) is 17.7 Å². The zero-order valence-electron chi connectivity index (χ0n) is 9.81. The Kier molecular flexibility index (Phi) is 2.86. The molecule has 0 amide bonds. The number of carbonyl (C=O) groups is 1. The molecule has 1 N–H and O–H groups in total. The Morgan fingerprint density at radius 1 is 1.18 bits per heavy atom. The van der Waals surface area contributed by atoms with Crippen molar-refractivity contribution in [3.63, 3.8) is 0 Å². The van der Waals surface area contributed by atoms with E-state index in [4.69, 9.17) is 0 Å². The Bertz CT molecular complexity index is 553. The number of methoxy groups -OCH3 is 1.